The second-order valence-corrected chi connectivity index (χ2v) is 4.22. The van der Waals surface area contributed by atoms with Gasteiger partial charge in [0.1, 0.15) is 13.4 Å². The van der Waals surface area contributed by atoms with Gasteiger partial charge in [-0.1, -0.05) is 23.7 Å². The van der Waals surface area contributed by atoms with Crippen molar-refractivity contribution in [3.63, 3.8) is 0 Å². The number of carbonyl (C=O) groups excluding carboxylic acids is 1. The van der Waals surface area contributed by atoms with E-state index in [1.54, 1.807) is 0 Å². The third-order valence-corrected chi connectivity index (χ3v) is 3.07. The highest BCUT2D eigenvalue weighted by molar-refractivity contribution is 6.32. The Morgan fingerprint density at radius 2 is 2.20 bits per heavy atom. The quantitative estimate of drug-likeness (QED) is 0.565. The van der Waals surface area contributed by atoms with Crippen LogP contribution in [0.2, 0.25) is 0 Å². The largest absolute Gasteiger partial charge is 0.376 e. The first-order valence-corrected chi connectivity index (χ1v) is 4.97. The fourth-order valence-corrected chi connectivity index (χ4v) is 2.31. The van der Waals surface area contributed by atoms with E-state index in [9.17, 15) is 4.79 Å². The molecule has 1 fully saturated rings. The van der Waals surface area contributed by atoms with E-state index >= 15 is 0 Å². The highest BCUT2D eigenvalue weighted by atomic mass is 16.5. The number of benzene rings is 1. The van der Waals surface area contributed by atoms with Gasteiger partial charge in [-0.2, -0.15) is 0 Å². The van der Waals surface area contributed by atoms with Crippen molar-refractivity contribution in [3.8, 4) is 0 Å². The first-order chi connectivity index (χ1) is 7.20. The first kappa shape index (κ1) is 8.98. The molecule has 0 atom stereocenters. The zero-order valence-electron chi connectivity index (χ0n) is 8.25. The van der Waals surface area contributed by atoms with Crippen molar-refractivity contribution in [2.24, 2.45) is 0 Å². The first-order valence-electron chi connectivity index (χ1n) is 4.97. The molecule has 2 heterocycles. The normalized spacial score (nSPS) is 21.7. The molecule has 0 unspecified atom stereocenters. The molecular formula is C11H10BNO2. The lowest BCUT2D eigenvalue weighted by Crippen LogP contribution is -2.62. The van der Waals surface area contributed by atoms with Gasteiger partial charge < -0.3 is 10.1 Å². The van der Waals surface area contributed by atoms with Crippen LogP contribution in [0.3, 0.4) is 0 Å². The second kappa shape index (κ2) is 2.86. The Bertz CT molecular complexity index is 440. The molecule has 3 rings (SSSR count). The summed E-state index contributed by atoms with van der Waals surface area (Å²) in [6.07, 6.45) is 0.419. The molecular weight excluding hydrogens is 189 g/mol. The summed E-state index contributed by atoms with van der Waals surface area (Å²) in [5.41, 5.74) is 2.61. The van der Waals surface area contributed by atoms with Crippen molar-refractivity contribution < 1.29 is 9.53 Å². The molecule has 1 spiro atoms. The number of amides is 1. The molecule has 1 aromatic rings. The van der Waals surface area contributed by atoms with Gasteiger partial charge in [0.25, 0.3) is 0 Å². The van der Waals surface area contributed by atoms with Crippen molar-refractivity contribution >= 4 is 19.2 Å². The summed E-state index contributed by atoms with van der Waals surface area (Å²) in [6, 6.07) is 5.75. The van der Waals surface area contributed by atoms with Gasteiger partial charge in [0.05, 0.1) is 19.6 Å². The van der Waals surface area contributed by atoms with E-state index in [-0.39, 0.29) is 11.4 Å². The van der Waals surface area contributed by atoms with Gasteiger partial charge in [-0.05, 0) is 11.1 Å². The molecule has 1 N–H and O–H groups in total. The van der Waals surface area contributed by atoms with E-state index in [1.807, 2.05) is 18.2 Å². The molecule has 0 bridgehead atoms. The summed E-state index contributed by atoms with van der Waals surface area (Å²) < 4.78 is 5.21. The van der Waals surface area contributed by atoms with Crippen LogP contribution in [0, 0.1) is 0 Å². The maximum absolute atomic E-state index is 11.5. The minimum Gasteiger partial charge on any atom is -0.376 e. The zero-order chi connectivity index (χ0) is 10.5. The Hall–Kier alpha value is -1.29. The molecule has 0 saturated carbocycles. The molecule has 15 heavy (non-hydrogen) atoms. The average molecular weight is 199 g/mol. The number of hydrogen-bond donors (Lipinski definition) is 1. The Morgan fingerprint density at radius 1 is 1.40 bits per heavy atom. The molecule has 2 aliphatic rings. The van der Waals surface area contributed by atoms with Crippen LogP contribution in [0.5, 0.6) is 0 Å². The topological polar surface area (TPSA) is 38.3 Å². The molecule has 2 radical (unpaired) electrons. The molecule has 4 heteroatoms. The average Bonchev–Trinajstić information content (AvgIpc) is 2.13. The predicted molar refractivity (Wildman–Crippen MR) is 56.2 cm³/mol. The van der Waals surface area contributed by atoms with E-state index < -0.39 is 0 Å². The predicted octanol–water partition coefficient (Wildman–Crippen LogP) is -0.622. The Kier molecular flexibility index (Phi) is 1.71. The minimum atomic E-state index is -0.279. The number of rotatable bonds is 0. The third kappa shape index (κ3) is 1.21. The summed E-state index contributed by atoms with van der Waals surface area (Å²) >= 11 is 0. The Balaban J connectivity index is 2.14. The highest BCUT2D eigenvalue weighted by Crippen LogP contribution is 2.34. The van der Waals surface area contributed by atoms with Crippen LogP contribution in [-0.2, 0) is 21.5 Å². The number of hydrogen-bond acceptors (Lipinski definition) is 2. The van der Waals surface area contributed by atoms with Crippen molar-refractivity contribution in [3.05, 3.63) is 29.3 Å². The molecule has 1 aromatic carbocycles. The molecule has 0 aliphatic carbocycles. The molecule has 3 nitrogen and oxygen atoms in total. The smallest absolute Gasteiger partial charge is 0.225 e. The van der Waals surface area contributed by atoms with Gasteiger partial charge in [0.15, 0.2) is 0 Å². The lowest BCUT2D eigenvalue weighted by Gasteiger charge is -2.46. The van der Waals surface area contributed by atoms with E-state index in [2.05, 4.69) is 5.32 Å². The van der Waals surface area contributed by atoms with Gasteiger partial charge in [-0.3, -0.25) is 4.79 Å². The minimum absolute atomic E-state index is 0.0522. The van der Waals surface area contributed by atoms with Gasteiger partial charge >= 0.3 is 0 Å². The molecule has 2 aliphatic heterocycles. The van der Waals surface area contributed by atoms with E-state index in [1.165, 1.54) is 0 Å². The second-order valence-electron chi connectivity index (χ2n) is 4.22. The third-order valence-electron chi connectivity index (χ3n) is 3.07. The molecule has 74 valence electrons. The SMILES string of the molecule is [B]c1ccc2c(c1)CC(=O)NC21COC1. The van der Waals surface area contributed by atoms with E-state index in [0.717, 1.165) is 11.1 Å². The van der Waals surface area contributed by atoms with Crippen LogP contribution in [0.4, 0.5) is 0 Å². The lowest BCUT2D eigenvalue weighted by atomic mass is 9.78. The Labute approximate surface area is 89.2 Å². The molecule has 1 saturated heterocycles. The van der Waals surface area contributed by atoms with Crippen LogP contribution in [0.25, 0.3) is 0 Å². The van der Waals surface area contributed by atoms with Crippen LogP contribution in [0.1, 0.15) is 11.1 Å². The number of carbonyl (C=O) groups is 1. The zero-order valence-corrected chi connectivity index (χ0v) is 8.25. The maximum Gasteiger partial charge on any atom is 0.225 e. The maximum atomic E-state index is 11.5. The van der Waals surface area contributed by atoms with Crippen LogP contribution in [-0.4, -0.2) is 27.0 Å². The van der Waals surface area contributed by atoms with Crippen molar-refractivity contribution in [1.82, 2.24) is 5.32 Å². The fraction of sp³-hybridized carbons (Fsp3) is 0.364. The van der Waals surface area contributed by atoms with E-state index in [0.29, 0.717) is 25.1 Å². The van der Waals surface area contributed by atoms with Crippen molar-refractivity contribution in [2.75, 3.05) is 13.2 Å². The van der Waals surface area contributed by atoms with Gasteiger partial charge in [-0.25, -0.2) is 0 Å². The number of ether oxygens (including phenoxy) is 1. The number of nitrogens with one attached hydrogen (secondary N) is 1. The standard InChI is InChI=1S/C11H10BNO2/c12-8-1-2-9-7(3-8)4-10(14)13-11(9)5-15-6-11/h1-3H,4-6H2,(H,13,14). The summed E-state index contributed by atoms with van der Waals surface area (Å²) in [7, 11) is 5.71. The highest BCUT2D eigenvalue weighted by Gasteiger charge is 2.45. The lowest BCUT2D eigenvalue weighted by molar-refractivity contribution is -0.135. The molecule has 0 aromatic heterocycles. The molecule has 1 amide bonds. The monoisotopic (exact) mass is 199 g/mol. The van der Waals surface area contributed by atoms with E-state index in [4.69, 9.17) is 12.6 Å². The van der Waals surface area contributed by atoms with Crippen LogP contribution < -0.4 is 10.8 Å². The van der Waals surface area contributed by atoms with Gasteiger partial charge in [-0.15, -0.1) is 0 Å². The van der Waals surface area contributed by atoms with Crippen molar-refractivity contribution in [2.45, 2.75) is 12.0 Å². The van der Waals surface area contributed by atoms with Gasteiger partial charge in [0, 0.05) is 0 Å². The summed E-state index contributed by atoms with van der Waals surface area (Å²) in [5, 5.41) is 3.00. The van der Waals surface area contributed by atoms with Crippen molar-refractivity contribution in [1.29, 1.82) is 0 Å². The summed E-state index contributed by atoms with van der Waals surface area (Å²) in [5.74, 6) is 0.0522. The Morgan fingerprint density at radius 3 is 2.87 bits per heavy atom. The van der Waals surface area contributed by atoms with Gasteiger partial charge in [0.2, 0.25) is 5.91 Å². The van der Waals surface area contributed by atoms with Crippen LogP contribution >= 0.6 is 0 Å². The number of fused-ring (bicyclic) bond motifs is 2. The summed E-state index contributed by atoms with van der Waals surface area (Å²) in [4.78, 5) is 11.5. The summed E-state index contributed by atoms with van der Waals surface area (Å²) in [6.45, 7) is 1.13. The van der Waals surface area contributed by atoms with Crippen LogP contribution in [0.15, 0.2) is 18.2 Å². The fourth-order valence-electron chi connectivity index (χ4n) is 2.31.